The van der Waals surface area contributed by atoms with E-state index in [1.165, 1.54) is 0 Å². The maximum Gasteiger partial charge on any atom is 0.348 e. The molecule has 0 heterocycles. The van der Waals surface area contributed by atoms with Crippen LogP contribution in [0.25, 0.3) is 0 Å². The van der Waals surface area contributed by atoms with Crippen molar-refractivity contribution in [1.29, 1.82) is 0 Å². The highest BCUT2D eigenvalue weighted by molar-refractivity contribution is 6.94. The van der Waals surface area contributed by atoms with Crippen molar-refractivity contribution in [3.63, 3.8) is 0 Å². The molecule has 114 valence electrons. The van der Waals surface area contributed by atoms with Crippen molar-refractivity contribution in [1.82, 2.24) is 0 Å². The molecule has 0 aliphatic rings. The van der Waals surface area contributed by atoms with E-state index in [0.717, 1.165) is 10.9 Å². The maximum absolute atomic E-state index is 6.52. The van der Waals surface area contributed by atoms with Crippen LogP contribution in [-0.2, 0) is 8.23 Å². The fraction of sp³-hybridized carbons (Fsp3) is 0.571. The van der Waals surface area contributed by atoms with Crippen molar-refractivity contribution in [2.24, 2.45) is 0 Å². The van der Waals surface area contributed by atoms with Gasteiger partial charge in [0.1, 0.15) is 5.75 Å². The van der Waals surface area contributed by atoms with Gasteiger partial charge in [-0.05, 0) is 63.1 Å². The first kappa shape index (κ1) is 17.6. The van der Waals surface area contributed by atoms with Gasteiger partial charge in [0.25, 0.3) is 0 Å². The average molecular weight is 329 g/mol. The van der Waals surface area contributed by atoms with Crippen LogP contribution in [0.2, 0.25) is 45.8 Å². The van der Waals surface area contributed by atoms with E-state index in [1.807, 2.05) is 12.1 Å². The number of benzene rings is 1. The van der Waals surface area contributed by atoms with Gasteiger partial charge in [-0.2, -0.15) is 0 Å². The molecule has 0 radical (unpaired) electrons. The zero-order chi connectivity index (χ0) is 15.6. The molecule has 1 aromatic rings. The van der Waals surface area contributed by atoms with Gasteiger partial charge in [0.15, 0.2) is 16.6 Å². The lowest BCUT2D eigenvalue weighted by molar-refractivity contribution is 0.401. The molecular formula is C14H28O3Si3. The first-order valence-electron chi connectivity index (χ1n) is 7.00. The lowest BCUT2D eigenvalue weighted by Crippen LogP contribution is -2.60. The number of rotatable bonds is 6. The van der Waals surface area contributed by atoms with Gasteiger partial charge in [0.05, 0.1) is 7.11 Å². The maximum atomic E-state index is 6.52. The smallest absolute Gasteiger partial charge is 0.348 e. The van der Waals surface area contributed by atoms with Crippen LogP contribution in [-0.4, -0.2) is 32.3 Å². The van der Waals surface area contributed by atoms with E-state index in [2.05, 4.69) is 58.0 Å². The summed E-state index contributed by atoms with van der Waals surface area (Å²) in [5.74, 6) is 0.861. The summed E-state index contributed by atoms with van der Waals surface area (Å²) in [6.07, 6.45) is 0. The zero-order valence-corrected chi connectivity index (χ0v) is 17.0. The van der Waals surface area contributed by atoms with Gasteiger partial charge in [0.2, 0.25) is 0 Å². The Labute approximate surface area is 126 Å². The van der Waals surface area contributed by atoms with Crippen LogP contribution < -0.4 is 9.92 Å². The summed E-state index contributed by atoms with van der Waals surface area (Å²) < 4.78 is 18.4. The summed E-state index contributed by atoms with van der Waals surface area (Å²) in [4.78, 5) is 0. The molecule has 0 N–H and O–H groups in total. The van der Waals surface area contributed by atoms with Crippen LogP contribution in [0.1, 0.15) is 0 Å². The molecule has 0 atom stereocenters. The quantitative estimate of drug-likeness (QED) is 0.746. The van der Waals surface area contributed by atoms with Crippen molar-refractivity contribution in [2.75, 3.05) is 7.11 Å². The van der Waals surface area contributed by atoms with Gasteiger partial charge in [-0.25, -0.2) is 0 Å². The zero-order valence-electron chi connectivity index (χ0n) is 14.0. The third kappa shape index (κ3) is 5.53. The molecule has 0 fully saturated rings. The van der Waals surface area contributed by atoms with E-state index in [0.29, 0.717) is 0 Å². The van der Waals surface area contributed by atoms with Crippen molar-refractivity contribution in [3.05, 3.63) is 24.3 Å². The Morgan fingerprint density at radius 1 is 0.800 bits per heavy atom. The number of hydrogen-bond donors (Lipinski definition) is 0. The van der Waals surface area contributed by atoms with Crippen LogP contribution in [0.4, 0.5) is 0 Å². The van der Waals surface area contributed by atoms with Gasteiger partial charge in [0, 0.05) is 0 Å². The number of hydrogen-bond acceptors (Lipinski definition) is 3. The Morgan fingerprint density at radius 2 is 1.30 bits per heavy atom. The molecule has 20 heavy (non-hydrogen) atoms. The van der Waals surface area contributed by atoms with E-state index in [-0.39, 0.29) is 0 Å². The van der Waals surface area contributed by atoms with Gasteiger partial charge < -0.3 is 13.0 Å². The van der Waals surface area contributed by atoms with Crippen LogP contribution in [0.15, 0.2) is 24.3 Å². The molecule has 3 nitrogen and oxygen atoms in total. The fourth-order valence-corrected chi connectivity index (χ4v) is 13.8. The predicted octanol–water partition coefficient (Wildman–Crippen LogP) is 3.68. The Bertz CT molecular complexity index is 434. The molecule has 0 spiro atoms. The molecule has 0 bridgehead atoms. The average Bonchev–Trinajstić information content (AvgIpc) is 2.24. The minimum absolute atomic E-state index is 0.861. The summed E-state index contributed by atoms with van der Waals surface area (Å²) in [5, 5.41) is 1.15. The largest absolute Gasteiger partial charge is 0.497 e. The molecular weight excluding hydrogens is 300 g/mol. The second-order valence-electron chi connectivity index (χ2n) is 7.11. The minimum Gasteiger partial charge on any atom is -0.497 e. The molecule has 0 aromatic heterocycles. The molecule has 0 unspecified atom stereocenters. The van der Waals surface area contributed by atoms with Crippen molar-refractivity contribution >= 4 is 30.4 Å². The SMILES string of the molecule is COc1cccc([Si](C)(O[Si](C)(C)C)O[Si](C)(C)C)c1. The lowest BCUT2D eigenvalue weighted by atomic mass is 10.3. The van der Waals surface area contributed by atoms with Crippen LogP contribution in [0.3, 0.4) is 0 Å². The summed E-state index contributed by atoms with van der Waals surface area (Å²) >= 11 is 0. The Balaban J connectivity index is 3.21. The Morgan fingerprint density at radius 3 is 1.70 bits per heavy atom. The lowest BCUT2D eigenvalue weighted by Gasteiger charge is -2.38. The van der Waals surface area contributed by atoms with Gasteiger partial charge in [-0.15, -0.1) is 0 Å². The highest BCUT2D eigenvalue weighted by atomic mass is 28.5. The van der Waals surface area contributed by atoms with E-state index in [1.54, 1.807) is 7.11 Å². The second kappa shape index (κ2) is 6.15. The number of methoxy groups -OCH3 is 1. The highest BCUT2D eigenvalue weighted by Crippen LogP contribution is 2.22. The standard InChI is InChI=1S/C14H28O3Si3/c1-15-13-10-9-11-14(12-13)20(8,16-18(2,3)4)17-19(5,6)7/h9-12H,1-8H3. The molecule has 1 aromatic carbocycles. The molecule has 0 saturated carbocycles. The van der Waals surface area contributed by atoms with Crippen molar-refractivity contribution in [3.8, 4) is 5.75 Å². The van der Waals surface area contributed by atoms with Crippen molar-refractivity contribution < 1.29 is 13.0 Å². The minimum atomic E-state index is -2.40. The highest BCUT2D eigenvalue weighted by Gasteiger charge is 2.42. The van der Waals surface area contributed by atoms with E-state index < -0.39 is 25.2 Å². The van der Waals surface area contributed by atoms with Gasteiger partial charge in [-0.1, -0.05) is 12.1 Å². The summed E-state index contributed by atoms with van der Waals surface area (Å²) in [7, 11) is -4.08. The van der Waals surface area contributed by atoms with Crippen LogP contribution in [0.5, 0.6) is 5.75 Å². The fourth-order valence-electron chi connectivity index (χ4n) is 2.21. The molecule has 0 aliphatic heterocycles. The molecule has 0 amide bonds. The first-order chi connectivity index (χ1) is 8.95. The molecule has 0 aliphatic carbocycles. The topological polar surface area (TPSA) is 27.7 Å². The monoisotopic (exact) mass is 328 g/mol. The van der Waals surface area contributed by atoms with E-state index in [4.69, 9.17) is 13.0 Å². The van der Waals surface area contributed by atoms with E-state index >= 15 is 0 Å². The summed E-state index contributed by atoms with van der Waals surface area (Å²) in [5.41, 5.74) is 0. The predicted molar refractivity (Wildman–Crippen MR) is 93.1 cm³/mol. The third-order valence-corrected chi connectivity index (χ3v) is 12.0. The first-order valence-corrected chi connectivity index (χ1v) is 16.1. The number of ether oxygens (including phenoxy) is 1. The van der Waals surface area contributed by atoms with Gasteiger partial charge in [-0.3, -0.25) is 0 Å². The second-order valence-corrected chi connectivity index (χ2v) is 19.7. The normalized spacial score (nSPS) is 13.4. The molecule has 6 heteroatoms. The molecule has 1 rings (SSSR count). The van der Waals surface area contributed by atoms with E-state index in [9.17, 15) is 0 Å². The van der Waals surface area contributed by atoms with Gasteiger partial charge >= 0.3 is 8.56 Å². The van der Waals surface area contributed by atoms with Crippen LogP contribution >= 0.6 is 0 Å². The van der Waals surface area contributed by atoms with Crippen LogP contribution in [0, 0.1) is 0 Å². The summed E-state index contributed by atoms with van der Waals surface area (Å²) in [6, 6.07) is 8.14. The van der Waals surface area contributed by atoms with Crippen molar-refractivity contribution in [2.45, 2.75) is 45.8 Å². The summed E-state index contributed by atoms with van der Waals surface area (Å²) in [6.45, 7) is 15.5. The molecule has 0 saturated heterocycles. The Kier molecular flexibility index (Phi) is 5.42. The third-order valence-electron chi connectivity index (χ3n) is 2.60. The Hall–Kier alpha value is -0.409.